The van der Waals surface area contributed by atoms with Gasteiger partial charge in [0.2, 0.25) is 5.91 Å². The van der Waals surface area contributed by atoms with E-state index in [0.29, 0.717) is 6.42 Å². The first-order chi connectivity index (χ1) is 11.5. The lowest BCUT2D eigenvalue weighted by Gasteiger charge is -2.31. The van der Waals surface area contributed by atoms with Gasteiger partial charge < -0.3 is 15.5 Å². The molecule has 1 aromatic rings. The number of likely N-dealkylation sites (tertiary alicyclic amines) is 1. The molecule has 6 heteroatoms. The number of guanidine groups is 1. The van der Waals surface area contributed by atoms with Crippen molar-refractivity contribution in [1.82, 2.24) is 15.5 Å². The molecule has 2 aliphatic rings. The normalized spacial score (nSPS) is 23.1. The maximum Gasteiger partial charge on any atom is 0.222 e. The summed E-state index contributed by atoms with van der Waals surface area (Å²) in [6.45, 7) is 1.60. The fourth-order valence-electron chi connectivity index (χ4n) is 3.35. The quantitative estimate of drug-likeness (QED) is 0.610. The molecule has 0 spiro atoms. The number of aliphatic imine (C=N–C) groups is 1. The Balaban J connectivity index is 1.57. The smallest absolute Gasteiger partial charge is 0.222 e. The third-order valence-corrected chi connectivity index (χ3v) is 5.78. The number of benzene rings is 1. The SMILES string of the molecule is CN=C(NCC1(c2ccccc2Br)CC1)NC1CCC(=O)N(C)C1. The van der Waals surface area contributed by atoms with E-state index in [1.165, 1.54) is 22.9 Å². The Hall–Kier alpha value is -1.56. The van der Waals surface area contributed by atoms with Crippen LogP contribution in [0.15, 0.2) is 33.7 Å². The highest BCUT2D eigenvalue weighted by Gasteiger charge is 2.45. The molecule has 0 radical (unpaired) electrons. The number of nitrogens with zero attached hydrogens (tertiary/aromatic N) is 2. The topological polar surface area (TPSA) is 56.7 Å². The van der Waals surface area contributed by atoms with Crippen molar-refractivity contribution in [3.05, 3.63) is 34.3 Å². The Morgan fingerprint density at radius 1 is 1.42 bits per heavy atom. The second-order valence-electron chi connectivity index (χ2n) is 6.84. The van der Waals surface area contributed by atoms with Gasteiger partial charge >= 0.3 is 0 Å². The molecule has 1 aliphatic heterocycles. The summed E-state index contributed by atoms with van der Waals surface area (Å²) in [7, 11) is 3.66. The van der Waals surface area contributed by atoms with Gasteiger partial charge in [-0.25, -0.2) is 0 Å². The summed E-state index contributed by atoms with van der Waals surface area (Å²) in [5.41, 5.74) is 1.58. The molecule has 24 heavy (non-hydrogen) atoms. The van der Waals surface area contributed by atoms with Crippen molar-refractivity contribution in [2.24, 2.45) is 4.99 Å². The average Bonchev–Trinajstić information content (AvgIpc) is 3.36. The number of hydrogen-bond acceptors (Lipinski definition) is 2. The summed E-state index contributed by atoms with van der Waals surface area (Å²) in [5.74, 6) is 1.04. The van der Waals surface area contributed by atoms with Crippen molar-refractivity contribution in [3.63, 3.8) is 0 Å². The van der Waals surface area contributed by atoms with Gasteiger partial charge in [0.25, 0.3) is 0 Å². The highest BCUT2D eigenvalue weighted by Crippen LogP contribution is 2.49. The molecule has 1 saturated carbocycles. The van der Waals surface area contributed by atoms with E-state index in [4.69, 9.17) is 0 Å². The maximum absolute atomic E-state index is 11.6. The third kappa shape index (κ3) is 3.74. The molecule has 0 aromatic heterocycles. The summed E-state index contributed by atoms with van der Waals surface area (Å²) in [4.78, 5) is 17.7. The Morgan fingerprint density at radius 2 is 2.17 bits per heavy atom. The van der Waals surface area contributed by atoms with Crippen LogP contribution in [0.2, 0.25) is 0 Å². The first-order valence-electron chi connectivity index (χ1n) is 8.50. The number of piperidine rings is 1. The van der Waals surface area contributed by atoms with Crippen molar-refractivity contribution in [2.75, 3.05) is 27.2 Å². The molecular weight excluding hydrogens is 368 g/mol. The predicted molar refractivity (Wildman–Crippen MR) is 100 cm³/mol. The van der Waals surface area contributed by atoms with E-state index in [9.17, 15) is 4.79 Å². The van der Waals surface area contributed by atoms with Gasteiger partial charge in [0.1, 0.15) is 0 Å². The van der Waals surface area contributed by atoms with Crippen LogP contribution < -0.4 is 10.6 Å². The zero-order chi connectivity index (χ0) is 17.2. The van der Waals surface area contributed by atoms with Gasteiger partial charge in [0.05, 0.1) is 0 Å². The minimum Gasteiger partial charge on any atom is -0.356 e. The number of amides is 1. The Morgan fingerprint density at radius 3 is 2.79 bits per heavy atom. The van der Waals surface area contributed by atoms with Crippen molar-refractivity contribution < 1.29 is 4.79 Å². The number of likely N-dealkylation sites (N-methyl/N-ethyl adjacent to an activating group) is 1. The van der Waals surface area contributed by atoms with Gasteiger partial charge in [-0.05, 0) is 30.9 Å². The first-order valence-corrected chi connectivity index (χ1v) is 9.29. The van der Waals surface area contributed by atoms with Gasteiger partial charge in [-0.3, -0.25) is 9.79 Å². The van der Waals surface area contributed by atoms with E-state index in [-0.39, 0.29) is 17.4 Å². The maximum atomic E-state index is 11.6. The summed E-state index contributed by atoms with van der Waals surface area (Å²) in [6, 6.07) is 8.73. The number of halogens is 1. The van der Waals surface area contributed by atoms with Crippen LogP contribution in [0.4, 0.5) is 0 Å². The molecule has 1 amide bonds. The van der Waals surface area contributed by atoms with Crippen molar-refractivity contribution in [2.45, 2.75) is 37.1 Å². The van der Waals surface area contributed by atoms with Crippen molar-refractivity contribution in [3.8, 4) is 0 Å². The minimum atomic E-state index is 0.205. The number of carbonyl (C=O) groups is 1. The molecule has 0 bridgehead atoms. The largest absolute Gasteiger partial charge is 0.356 e. The molecule has 5 nitrogen and oxygen atoms in total. The van der Waals surface area contributed by atoms with Gasteiger partial charge in [-0.1, -0.05) is 34.1 Å². The molecule has 3 rings (SSSR count). The predicted octanol–water partition coefficient (Wildman–Crippen LogP) is 2.27. The van der Waals surface area contributed by atoms with Crippen LogP contribution in [-0.4, -0.2) is 50.0 Å². The monoisotopic (exact) mass is 392 g/mol. The van der Waals surface area contributed by atoms with E-state index < -0.39 is 0 Å². The van der Waals surface area contributed by atoms with Crippen LogP contribution in [0.1, 0.15) is 31.2 Å². The second kappa shape index (κ2) is 7.13. The van der Waals surface area contributed by atoms with Crippen LogP contribution in [0, 0.1) is 0 Å². The second-order valence-corrected chi connectivity index (χ2v) is 7.69. The number of hydrogen-bond donors (Lipinski definition) is 2. The van der Waals surface area contributed by atoms with E-state index in [2.05, 4.69) is 55.8 Å². The molecule has 1 unspecified atom stereocenters. The van der Waals surface area contributed by atoms with Crippen LogP contribution in [-0.2, 0) is 10.2 Å². The molecule has 1 aliphatic carbocycles. The first kappa shape index (κ1) is 17.3. The third-order valence-electron chi connectivity index (χ3n) is 5.08. The van der Waals surface area contributed by atoms with Crippen LogP contribution in [0.3, 0.4) is 0 Å². The minimum absolute atomic E-state index is 0.205. The van der Waals surface area contributed by atoms with Crippen LogP contribution >= 0.6 is 15.9 Å². The van der Waals surface area contributed by atoms with Gasteiger partial charge in [-0.2, -0.15) is 0 Å². The van der Waals surface area contributed by atoms with Crippen LogP contribution in [0.25, 0.3) is 0 Å². The Kier molecular flexibility index (Phi) is 5.13. The summed E-state index contributed by atoms with van der Waals surface area (Å²) < 4.78 is 1.18. The van der Waals surface area contributed by atoms with Gasteiger partial charge in [-0.15, -0.1) is 0 Å². The molecule has 1 saturated heterocycles. The van der Waals surface area contributed by atoms with Crippen molar-refractivity contribution >= 4 is 27.8 Å². The van der Waals surface area contributed by atoms with Crippen molar-refractivity contribution in [1.29, 1.82) is 0 Å². The summed E-state index contributed by atoms with van der Waals surface area (Å²) in [6.07, 6.45) is 3.85. The molecule has 130 valence electrons. The lowest BCUT2D eigenvalue weighted by atomic mass is 9.96. The number of carbonyl (C=O) groups excluding carboxylic acids is 1. The lowest BCUT2D eigenvalue weighted by Crippen LogP contribution is -2.52. The summed E-state index contributed by atoms with van der Waals surface area (Å²) in [5, 5.41) is 6.94. The van der Waals surface area contributed by atoms with Gasteiger partial charge in [0, 0.05) is 49.5 Å². The molecule has 1 atom stereocenters. The molecule has 1 aromatic carbocycles. The number of nitrogens with one attached hydrogen (secondary N) is 2. The van der Waals surface area contributed by atoms with E-state index in [0.717, 1.165) is 25.5 Å². The highest BCUT2D eigenvalue weighted by atomic mass is 79.9. The summed E-state index contributed by atoms with van der Waals surface area (Å²) >= 11 is 3.68. The number of rotatable bonds is 4. The Bertz CT molecular complexity index is 642. The molecule has 2 N–H and O–H groups in total. The fourth-order valence-corrected chi connectivity index (χ4v) is 4.06. The zero-order valence-electron chi connectivity index (χ0n) is 14.3. The molecule has 1 heterocycles. The van der Waals surface area contributed by atoms with E-state index in [1.807, 2.05) is 7.05 Å². The van der Waals surface area contributed by atoms with Crippen LogP contribution in [0.5, 0.6) is 0 Å². The fraction of sp³-hybridized carbons (Fsp3) is 0.556. The zero-order valence-corrected chi connectivity index (χ0v) is 15.9. The van der Waals surface area contributed by atoms with E-state index in [1.54, 1.807) is 11.9 Å². The van der Waals surface area contributed by atoms with E-state index >= 15 is 0 Å². The standard InChI is InChI=1S/C18H25BrN4O/c1-20-17(22-13-7-8-16(24)23(2)11-13)21-12-18(9-10-18)14-5-3-4-6-15(14)19/h3-6,13H,7-12H2,1-2H3,(H2,20,21,22). The van der Waals surface area contributed by atoms with Gasteiger partial charge in [0.15, 0.2) is 5.96 Å². The Labute approximate surface area is 152 Å². The molecule has 2 fully saturated rings. The lowest BCUT2D eigenvalue weighted by molar-refractivity contribution is -0.132. The molecular formula is C18H25BrN4O. The highest BCUT2D eigenvalue weighted by molar-refractivity contribution is 9.10. The average molecular weight is 393 g/mol.